The Labute approximate surface area is 109 Å². The monoisotopic (exact) mass is 321 g/mol. The SMILES string of the molecule is N[C@H](COP(=O)([O-])O)C(=O)[O-].[Ba+2]. The largest absolute Gasteiger partial charge is 2.00 e. The first-order valence-corrected chi connectivity index (χ1v) is 3.97. The minimum absolute atomic E-state index is 0. The number of rotatable bonds is 4. The molecule has 0 rings (SSSR count). The molecule has 0 fully saturated rings. The summed E-state index contributed by atoms with van der Waals surface area (Å²) in [6.07, 6.45) is 0. The van der Waals surface area contributed by atoms with E-state index >= 15 is 0 Å². The van der Waals surface area contributed by atoms with Gasteiger partial charge < -0.3 is 29.9 Å². The van der Waals surface area contributed by atoms with Gasteiger partial charge in [0.2, 0.25) is 0 Å². The molecule has 7 nitrogen and oxygen atoms in total. The zero-order chi connectivity index (χ0) is 9.07. The molecule has 66 valence electrons. The molecule has 0 aliphatic heterocycles. The molecule has 0 radical (unpaired) electrons. The molecular formula is C3H6BaNO6P. The Hall–Kier alpha value is 1.11. The van der Waals surface area contributed by atoms with E-state index in [9.17, 15) is 19.4 Å². The number of phosphoric acid groups is 1. The zero-order valence-electron chi connectivity index (χ0n) is 6.00. The maximum absolute atomic E-state index is 9.85. The van der Waals surface area contributed by atoms with E-state index in [2.05, 4.69) is 4.52 Å². The number of hydrogen-bond acceptors (Lipinski definition) is 6. The van der Waals surface area contributed by atoms with E-state index in [1.54, 1.807) is 0 Å². The Bertz CT molecular complexity index is 191. The summed E-state index contributed by atoms with van der Waals surface area (Å²) >= 11 is 0. The van der Waals surface area contributed by atoms with Crippen LogP contribution >= 0.6 is 7.82 Å². The van der Waals surface area contributed by atoms with Crippen molar-refractivity contribution < 1.29 is 28.8 Å². The van der Waals surface area contributed by atoms with Crippen molar-refractivity contribution in [1.82, 2.24) is 0 Å². The van der Waals surface area contributed by atoms with Crippen molar-refractivity contribution in [3.05, 3.63) is 0 Å². The maximum atomic E-state index is 9.85. The molecule has 0 aromatic carbocycles. The van der Waals surface area contributed by atoms with Crippen molar-refractivity contribution in [2.45, 2.75) is 6.04 Å². The van der Waals surface area contributed by atoms with Crippen LogP contribution in [0.25, 0.3) is 0 Å². The average Bonchev–Trinajstić information content (AvgIpc) is 1.80. The molecule has 12 heavy (non-hydrogen) atoms. The molecule has 0 heterocycles. The van der Waals surface area contributed by atoms with Gasteiger partial charge in [0.05, 0.1) is 18.6 Å². The third-order valence-corrected chi connectivity index (χ3v) is 1.20. The first-order valence-electron chi connectivity index (χ1n) is 2.47. The molecule has 0 bridgehead atoms. The molecule has 0 aromatic heterocycles. The third kappa shape index (κ3) is 9.20. The Morgan fingerprint density at radius 1 is 1.75 bits per heavy atom. The molecule has 9 heteroatoms. The van der Waals surface area contributed by atoms with Crippen molar-refractivity contribution in [1.29, 1.82) is 0 Å². The van der Waals surface area contributed by atoms with Gasteiger partial charge in [0.1, 0.15) is 0 Å². The number of aliphatic carboxylic acids is 1. The van der Waals surface area contributed by atoms with Crippen molar-refractivity contribution in [2.24, 2.45) is 5.73 Å². The van der Waals surface area contributed by atoms with E-state index in [4.69, 9.17) is 10.6 Å². The summed E-state index contributed by atoms with van der Waals surface area (Å²) in [5.74, 6) is -1.65. The number of carbonyl (C=O) groups is 1. The molecule has 0 amide bonds. The molecule has 0 aromatic rings. The topological polar surface area (TPSA) is 136 Å². The number of carboxylic acid groups (broad SMARTS) is 1. The maximum Gasteiger partial charge on any atom is 2.00 e. The van der Waals surface area contributed by atoms with Gasteiger partial charge in [0, 0.05) is 0 Å². The van der Waals surface area contributed by atoms with Gasteiger partial charge >= 0.3 is 48.9 Å². The van der Waals surface area contributed by atoms with Crippen LogP contribution in [-0.4, -0.2) is 72.4 Å². The van der Waals surface area contributed by atoms with Crippen LogP contribution in [0.1, 0.15) is 0 Å². The van der Waals surface area contributed by atoms with Gasteiger partial charge in [-0.1, -0.05) is 0 Å². The molecule has 0 saturated heterocycles. The van der Waals surface area contributed by atoms with Crippen LogP contribution in [0, 0.1) is 0 Å². The molecule has 2 atom stereocenters. The molecule has 1 unspecified atom stereocenters. The molecular weight excluding hydrogens is 314 g/mol. The molecule has 0 spiro atoms. The Morgan fingerprint density at radius 3 is 2.42 bits per heavy atom. The molecule has 0 aliphatic carbocycles. The van der Waals surface area contributed by atoms with Crippen LogP contribution in [0.5, 0.6) is 0 Å². The summed E-state index contributed by atoms with van der Waals surface area (Å²) in [6, 6.07) is -1.57. The van der Waals surface area contributed by atoms with Crippen LogP contribution < -0.4 is 15.7 Å². The van der Waals surface area contributed by atoms with Crippen LogP contribution in [0.3, 0.4) is 0 Å². The second-order valence-corrected chi connectivity index (χ2v) is 2.89. The van der Waals surface area contributed by atoms with Crippen molar-refractivity contribution in [3.8, 4) is 0 Å². The number of carboxylic acids is 1. The Balaban J connectivity index is 0. The average molecular weight is 320 g/mol. The zero-order valence-corrected chi connectivity index (χ0v) is 11.3. The first kappa shape index (κ1) is 15.6. The molecule has 3 N–H and O–H groups in total. The first-order chi connectivity index (χ1) is 4.83. The number of phosphoric ester groups is 1. The van der Waals surface area contributed by atoms with Crippen molar-refractivity contribution in [2.75, 3.05) is 6.61 Å². The predicted octanol–water partition coefficient (Wildman–Crippen LogP) is -3.84. The van der Waals surface area contributed by atoms with Crippen molar-refractivity contribution >= 4 is 62.7 Å². The van der Waals surface area contributed by atoms with Crippen LogP contribution in [0.15, 0.2) is 0 Å². The Kier molecular flexibility index (Phi) is 8.50. The smallest absolute Gasteiger partial charge is 0.756 e. The molecule has 0 aliphatic rings. The second-order valence-electron chi connectivity index (χ2n) is 1.69. The summed E-state index contributed by atoms with van der Waals surface area (Å²) in [6.45, 7) is -0.834. The van der Waals surface area contributed by atoms with E-state index in [1.165, 1.54) is 0 Å². The second kappa shape index (κ2) is 6.55. The van der Waals surface area contributed by atoms with Crippen LogP contribution in [0.4, 0.5) is 0 Å². The van der Waals surface area contributed by atoms with Gasteiger partial charge in [-0.3, -0.25) is 4.57 Å². The molecule has 0 saturated carbocycles. The Morgan fingerprint density at radius 2 is 2.17 bits per heavy atom. The fourth-order valence-corrected chi connectivity index (χ4v) is 0.592. The minimum atomic E-state index is -4.88. The number of carbonyl (C=O) groups excluding carboxylic acids is 1. The van der Waals surface area contributed by atoms with Gasteiger partial charge in [0.25, 0.3) is 7.82 Å². The summed E-state index contributed by atoms with van der Waals surface area (Å²) in [4.78, 5) is 27.6. The van der Waals surface area contributed by atoms with Crippen molar-refractivity contribution in [3.63, 3.8) is 0 Å². The van der Waals surface area contributed by atoms with Gasteiger partial charge in [-0.2, -0.15) is 0 Å². The minimum Gasteiger partial charge on any atom is -0.756 e. The van der Waals surface area contributed by atoms with E-state index in [0.717, 1.165) is 0 Å². The van der Waals surface area contributed by atoms with Gasteiger partial charge in [-0.15, -0.1) is 0 Å². The van der Waals surface area contributed by atoms with Gasteiger partial charge in [-0.05, 0) is 0 Å². The summed E-state index contributed by atoms with van der Waals surface area (Å²) in [5, 5.41) is 9.83. The summed E-state index contributed by atoms with van der Waals surface area (Å²) in [7, 11) is -4.88. The fraction of sp³-hybridized carbons (Fsp3) is 0.667. The summed E-state index contributed by atoms with van der Waals surface area (Å²) < 4.78 is 13.5. The van der Waals surface area contributed by atoms with Crippen LogP contribution in [-0.2, 0) is 13.9 Å². The third-order valence-electron chi connectivity index (χ3n) is 0.720. The number of nitrogens with two attached hydrogens (primary N) is 1. The fourth-order valence-electron chi connectivity index (χ4n) is 0.243. The predicted molar refractivity (Wildman–Crippen MR) is 34.5 cm³/mol. The van der Waals surface area contributed by atoms with Crippen LogP contribution in [0.2, 0.25) is 0 Å². The standard InChI is InChI=1S/C3H8NO6P.Ba/c4-2(3(5)6)1-10-11(7,8)9;/h2H,1,4H2,(H,5,6)(H2,7,8,9);/q;+2/p-2/t2-;/m1./s1. The van der Waals surface area contributed by atoms with E-state index < -0.39 is 26.4 Å². The van der Waals surface area contributed by atoms with E-state index in [0.29, 0.717) is 0 Å². The van der Waals surface area contributed by atoms with Gasteiger partial charge in [-0.25, -0.2) is 0 Å². The van der Waals surface area contributed by atoms with E-state index in [-0.39, 0.29) is 48.9 Å². The number of hydrogen-bond donors (Lipinski definition) is 2. The normalized spacial score (nSPS) is 17.2. The van der Waals surface area contributed by atoms with E-state index in [1.807, 2.05) is 0 Å². The quantitative estimate of drug-likeness (QED) is 0.400. The van der Waals surface area contributed by atoms with Gasteiger partial charge in [0.15, 0.2) is 0 Å². The summed E-state index contributed by atoms with van der Waals surface area (Å²) in [5.41, 5.74) is 4.77.